The highest BCUT2D eigenvalue weighted by Gasteiger charge is 2.17. The maximum Gasteiger partial charge on any atom is 0.314 e. The fourth-order valence-electron chi connectivity index (χ4n) is 2.33. The summed E-state index contributed by atoms with van der Waals surface area (Å²) in [6, 6.07) is 8.91. The van der Waals surface area contributed by atoms with Crippen molar-refractivity contribution < 1.29 is 17.9 Å². The molecule has 4 aromatic rings. The molecule has 0 aliphatic carbocycles. The van der Waals surface area contributed by atoms with Gasteiger partial charge in [0.05, 0.1) is 11.3 Å². The molecule has 130 valence electrons. The van der Waals surface area contributed by atoms with Crippen LogP contribution in [0.2, 0.25) is 0 Å². The SMILES string of the molecule is FC(F)c1nnc(-c2ccc(COc3cccc4cncnc34)nc2)o1. The van der Waals surface area contributed by atoms with E-state index in [0.717, 1.165) is 5.39 Å². The summed E-state index contributed by atoms with van der Waals surface area (Å²) in [4.78, 5) is 12.4. The normalized spacial score (nSPS) is 11.2. The number of ether oxygens (including phenoxy) is 1. The van der Waals surface area contributed by atoms with Crippen LogP contribution in [0, 0.1) is 0 Å². The maximum absolute atomic E-state index is 12.5. The van der Waals surface area contributed by atoms with Crippen LogP contribution in [0.3, 0.4) is 0 Å². The van der Waals surface area contributed by atoms with Gasteiger partial charge in [0.2, 0.25) is 5.89 Å². The molecule has 0 amide bonds. The number of rotatable bonds is 5. The van der Waals surface area contributed by atoms with Gasteiger partial charge in [0, 0.05) is 17.8 Å². The molecular weight excluding hydrogens is 344 g/mol. The summed E-state index contributed by atoms with van der Waals surface area (Å²) in [5.41, 5.74) is 1.81. The fourth-order valence-corrected chi connectivity index (χ4v) is 2.33. The highest BCUT2D eigenvalue weighted by atomic mass is 19.3. The average Bonchev–Trinajstić information content (AvgIpc) is 3.17. The van der Waals surface area contributed by atoms with Crippen molar-refractivity contribution in [3.8, 4) is 17.2 Å². The highest BCUT2D eigenvalue weighted by Crippen LogP contribution is 2.24. The van der Waals surface area contributed by atoms with Gasteiger partial charge in [-0.1, -0.05) is 12.1 Å². The molecule has 0 fully saturated rings. The molecule has 26 heavy (non-hydrogen) atoms. The lowest BCUT2D eigenvalue weighted by Gasteiger charge is -2.08. The Balaban J connectivity index is 1.49. The topological polar surface area (TPSA) is 86.8 Å². The minimum absolute atomic E-state index is 0.00831. The summed E-state index contributed by atoms with van der Waals surface area (Å²) in [5, 5.41) is 7.75. The molecule has 0 spiro atoms. The Morgan fingerprint density at radius 3 is 2.73 bits per heavy atom. The van der Waals surface area contributed by atoms with E-state index in [-0.39, 0.29) is 12.5 Å². The Morgan fingerprint density at radius 1 is 1.04 bits per heavy atom. The third-order valence-electron chi connectivity index (χ3n) is 3.57. The van der Waals surface area contributed by atoms with Crippen LogP contribution in [0.15, 0.2) is 53.5 Å². The lowest BCUT2D eigenvalue weighted by atomic mass is 10.2. The minimum atomic E-state index is -2.80. The van der Waals surface area contributed by atoms with E-state index in [0.29, 0.717) is 22.5 Å². The van der Waals surface area contributed by atoms with Crippen molar-refractivity contribution in [1.82, 2.24) is 25.1 Å². The summed E-state index contributed by atoms with van der Waals surface area (Å²) in [5.74, 6) is -0.106. The van der Waals surface area contributed by atoms with E-state index in [1.54, 1.807) is 18.3 Å². The van der Waals surface area contributed by atoms with E-state index < -0.39 is 12.3 Å². The van der Waals surface area contributed by atoms with E-state index in [4.69, 9.17) is 9.15 Å². The molecule has 0 saturated heterocycles. The van der Waals surface area contributed by atoms with Crippen molar-refractivity contribution in [2.75, 3.05) is 0 Å². The van der Waals surface area contributed by atoms with Gasteiger partial charge in [-0.3, -0.25) is 4.98 Å². The smallest absolute Gasteiger partial charge is 0.314 e. The maximum atomic E-state index is 12.5. The summed E-state index contributed by atoms with van der Waals surface area (Å²) >= 11 is 0. The molecule has 3 aromatic heterocycles. The first-order chi connectivity index (χ1) is 12.7. The standard InChI is InChI=1S/C17H11F2N5O2/c18-15(19)17-24-23-16(26-17)11-4-5-12(21-7-11)8-25-13-3-1-2-10-6-20-9-22-14(10)13/h1-7,9,15H,8H2. The average molecular weight is 355 g/mol. The van der Waals surface area contributed by atoms with Crippen LogP contribution in [0.4, 0.5) is 8.78 Å². The van der Waals surface area contributed by atoms with E-state index in [1.807, 2.05) is 18.2 Å². The summed E-state index contributed by atoms with van der Waals surface area (Å²) in [6.45, 7) is 0.218. The van der Waals surface area contributed by atoms with Crippen molar-refractivity contribution in [1.29, 1.82) is 0 Å². The largest absolute Gasteiger partial charge is 0.485 e. The summed E-state index contributed by atoms with van der Waals surface area (Å²) in [7, 11) is 0. The second-order valence-electron chi connectivity index (χ2n) is 5.29. The number of alkyl halides is 2. The third kappa shape index (κ3) is 3.18. The van der Waals surface area contributed by atoms with Crippen molar-refractivity contribution in [2.45, 2.75) is 13.0 Å². The lowest BCUT2D eigenvalue weighted by Crippen LogP contribution is -1.99. The quantitative estimate of drug-likeness (QED) is 0.540. The molecule has 1 aromatic carbocycles. The Bertz CT molecular complexity index is 1030. The van der Waals surface area contributed by atoms with Crippen LogP contribution in [-0.4, -0.2) is 25.1 Å². The zero-order valence-electron chi connectivity index (χ0n) is 13.2. The molecule has 0 atom stereocenters. The Kier molecular flexibility index (Phi) is 4.18. The van der Waals surface area contributed by atoms with Crippen LogP contribution in [0.5, 0.6) is 5.75 Å². The van der Waals surface area contributed by atoms with Crippen LogP contribution in [0.25, 0.3) is 22.4 Å². The van der Waals surface area contributed by atoms with Crippen LogP contribution in [-0.2, 0) is 6.61 Å². The van der Waals surface area contributed by atoms with Gasteiger partial charge in [-0.25, -0.2) is 9.97 Å². The Hall–Kier alpha value is -3.49. The molecule has 0 aliphatic rings. The van der Waals surface area contributed by atoms with Gasteiger partial charge in [0.25, 0.3) is 5.89 Å². The monoisotopic (exact) mass is 355 g/mol. The van der Waals surface area contributed by atoms with Crippen LogP contribution >= 0.6 is 0 Å². The van der Waals surface area contributed by atoms with Crippen molar-refractivity contribution in [3.63, 3.8) is 0 Å². The molecule has 0 unspecified atom stereocenters. The van der Waals surface area contributed by atoms with E-state index in [1.165, 1.54) is 12.5 Å². The van der Waals surface area contributed by atoms with Gasteiger partial charge in [0.15, 0.2) is 0 Å². The first-order valence-corrected chi connectivity index (χ1v) is 7.59. The molecule has 0 bridgehead atoms. The number of nitrogens with zero attached hydrogens (tertiary/aromatic N) is 5. The second kappa shape index (κ2) is 6.79. The second-order valence-corrected chi connectivity index (χ2v) is 5.29. The molecule has 7 nitrogen and oxygen atoms in total. The Morgan fingerprint density at radius 2 is 1.96 bits per heavy atom. The van der Waals surface area contributed by atoms with Gasteiger partial charge in [-0.15, -0.1) is 10.2 Å². The van der Waals surface area contributed by atoms with Gasteiger partial charge in [0.1, 0.15) is 24.2 Å². The number of fused-ring (bicyclic) bond motifs is 1. The number of halogens is 2. The van der Waals surface area contributed by atoms with Gasteiger partial charge < -0.3 is 9.15 Å². The molecule has 3 heterocycles. The molecule has 0 aliphatic heterocycles. The molecule has 9 heteroatoms. The molecule has 0 N–H and O–H groups in total. The predicted molar refractivity (Wildman–Crippen MR) is 86.4 cm³/mol. The first kappa shape index (κ1) is 16.0. The van der Waals surface area contributed by atoms with Crippen molar-refractivity contribution in [2.24, 2.45) is 0 Å². The van der Waals surface area contributed by atoms with Crippen LogP contribution in [0.1, 0.15) is 18.0 Å². The third-order valence-corrected chi connectivity index (χ3v) is 3.57. The number of benzene rings is 1. The van der Waals surface area contributed by atoms with Crippen molar-refractivity contribution >= 4 is 10.9 Å². The predicted octanol–water partition coefficient (Wildman–Crippen LogP) is 3.59. The zero-order chi connectivity index (χ0) is 17.9. The number of hydrogen-bond acceptors (Lipinski definition) is 7. The summed E-state index contributed by atoms with van der Waals surface area (Å²) < 4.78 is 35.7. The summed E-state index contributed by atoms with van der Waals surface area (Å²) in [6.07, 6.45) is 1.83. The first-order valence-electron chi connectivity index (χ1n) is 7.59. The number of aromatic nitrogens is 5. The molecule has 0 saturated carbocycles. The fraction of sp³-hybridized carbons (Fsp3) is 0.118. The van der Waals surface area contributed by atoms with E-state index in [2.05, 4.69) is 25.1 Å². The van der Waals surface area contributed by atoms with E-state index >= 15 is 0 Å². The number of para-hydroxylation sites is 1. The zero-order valence-corrected chi connectivity index (χ0v) is 13.2. The highest BCUT2D eigenvalue weighted by molar-refractivity contribution is 5.83. The van der Waals surface area contributed by atoms with Gasteiger partial charge in [-0.05, 0) is 18.2 Å². The van der Waals surface area contributed by atoms with Crippen molar-refractivity contribution in [3.05, 3.63) is 60.6 Å². The van der Waals surface area contributed by atoms with Gasteiger partial charge >= 0.3 is 6.43 Å². The minimum Gasteiger partial charge on any atom is -0.485 e. The molecule has 0 radical (unpaired) electrons. The number of hydrogen-bond donors (Lipinski definition) is 0. The Labute approximate surface area is 145 Å². The number of pyridine rings is 1. The molecule has 4 rings (SSSR count). The van der Waals surface area contributed by atoms with Crippen LogP contribution < -0.4 is 4.74 Å². The van der Waals surface area contributed by atoms with Gasteiger partial charge in [-0.2, -0.15) is 8.78 Å². The molecular formula is C17H11F2N5O2. The van der Waals surface area contributed by atoms with E-state index in [9.17, 15) is 8.78 Å². The lowest BCUT2D eigenvalue weighted by molar-refractivity contribution is 0.116.